The predicted octanol–water partition coefficient (Wildman–Crippen LogP) is 4.56. The number of aromatic nitrogens is 2. The molecule has 3 N–H and O–H groups in total. The van der Waals surface area contributed by atoms with Gasteiger partial charge in [-0.3, -0.25) is 9.89 Å². The lowest BCUT2D eigenvalue weighted by Crippen LogP contribution is -2.40. The lowest BCUT2D eigenvalue weighted by molar-refractivity contribution is -0.137. The number of hydrogen-bond donors (Lipinski definition) is 3. The van der Waals surface area contributed by atoms with Gasteiger partial charge in [0.1, 0.15) is 0 Å². The molecule has 4 rings (SSSR count). The van der Waals surface area contributed by atoms with Gasteiger partial charge in [-0.1, -0.05) is 0 Å². The number of carbonyl (C=O) groups is 1. The Balaban J connectivity index is 0.00000181. The van der Waals surface area contributed by atoms with E-state index in [0.29, 0.717) is 17.2 Å². The number of halogens is 3. The lowest BCUT2D eigenvalue weighted by Gasteiger charge is -2.30. The number of H-pyrrole nitrogens is 1. The van der Waals surface area contributed by atoms with Crippen LogP contribution in [0.5, 0.6) is 0 Å². The van der Waals surface area contributed by atoms with E-state index in [1.165, 1.54) is 12.1 Å². The summed E-state index contributed by atoms with van der Waals surface area (Å²) in [5.41, 5.74) is 0.548. The smallest absolute Gasteiger partial charge is 0.382 e. The van der Waals surface area contributed by atoms with Crippen molar-refractivity contribution in [3.63, 3.8) is 0 Å². The molecule has 1 amide bonds. The van der Waals surface area contributed by atoms with E-state index in [4.69, 9.17) is 5.26 Å². The molecule has 0 spiro atoms. The number of hydrogen-bond acceptors (Lipinski definition) is 4. The van der Waals surface area contributed by atoms with Crippen molar-refractivity contribution in [3.8, 4) is 6.07 Å². The number of nitriles is 1. The molecule has 0 aliphatic heterocycles. The fraction of sp³-hybridized carbons (Fsp3) is 0.476. The van der Waals surface area contributed by atoms with Crippen molar-refractivity contribution in [2.45, 2.75) is 62.7 Å². The fourth-order valence-corrected chi connectivity index (χ4v) is 4.01. The maximum atomic E-state index is 13.1. The van der Waals surface area contributed by atoms with E-state index in [1.807, 2.05) is 0 Å². The first kappa shape index (κ1) is 25.9. The van der Waals surface area contributed by atoms with Crippen molar-refractivity contribution in [1.82, 2.24) is 15.5 Å². The molecular formula is C21H26F3N5OS2. The van der Waals surface area contributed by atoms with Crippen molar-refractivity contribution in [2.75, 3.05) is 5.32 Å². The van der Waals surface area contributed by atoms with Gasteiger partial charge in [0.15, 0.2) is 0 Å². The molecule has 0 bridgehead atoms. The first-order chi connectivity index (χ1) is 14.3. The van der Waals surface area contributed by atoms with E-state index in [2.05, 4.69) is 20.8 Å². The van der Waals surface area contributed by atoms with Crippen molar-refractivity contribution >= 4 is 38.6 Å². The Bertz CT molecular complexity index is 977. The molecule has 6 nitrogen and oxygen atoms in total. The average Bonchev–Trinajstić information content (AvgIpc) is 3.44. The van der Waals surface area contributed by atoms with Crippen molar-refractivity contribution in [2.24, 2.45) is 0 Å². The third kappa shape index (κ3) is 5.92. The summed E-state index contributed by atoms with van der Waals surface area (Å²) >= 11 is 0. The van der Waals surface area contributed by atoms with Crippen LogP contribution in [0.2, 0.25) is 0 Å². The van der Waals surface area contributed by atoms with Gasteiger partial charge in [-0.25, -0.2) is 0 Å². The Labute approximate surface area is 198 Å². The minimum absolute atomic E-state index is 0. The van der Waals surface area contributed by atoms with E-state index in [-0.39, 0.29) is 50.5 Å². The Kier molecular flexibility index (Phi) is 8.54. The van der Waals surface area contributed by atoms with Crippen LogP contribution < -0.4 is 10.6 Å². The molecule has 32 heavy (non-hydrogen) atoms. The van der Waals surface area contributed by atoms with Crippen LogP contribution in [0.3, 0.4) is 0 Å². The minimum Gasteiger partial charge on any atom is -0.382 e. The molecule has 2 saturated carbocycles. The molecule has 2 aliphatic carbocycles. The van der Waals surface area contributed by atoms with Crippen LogP contribution in [0, 0.1) is 11.3 Å². The summed E-state index contributed by atoms with van der Waals surface area (Å²) in [6.45, 7) is 0. The first-order valence-electron chi connectivity index (χ1n) is 10.1. The van der Waals surface area contributed by atoms with E-state index < -0.39 is 11.7 Å². The largest absolute Gasteiger partial charge is 0.417 e. The summed E-state index contributed by atoms with van der Waals surface area (Å²) in [4.78, 5) is 12.6. The topological polar surface area (TPSA) is 93.6 Å². The zero-order chi connectivity index (χ0) is 21.3. The number of rotatable bonds is 5. The fourth-order valence-electron chi connectivity index (χ4n) is 4.01. The van der Waals surface area contributed by atoms with Crippen molar-refractivity contribution in [1.29, 1.82) is 5.26 Å². The van der Waals surface area contributed by atoms with Gasteiger partial charge in [0, 0.05) is 23.7 Å². The number of carbonyl (C=O) groups excluding carboxylic acids is 1. The molecule has 11 heteroatoms. The highest BCUT2D eigenvalue weighted by atomic mass is 32.1. The Hall–Kier alpha value is -2.32. The van der Waals surface area contributed by atoms with Crippen LogP contribution in [0.15, 0.2) is 24.4 Å². The molecule has 1 aromatic carbocycles. The highest BCUT2D eigenvalue weighted by Crippen LogP contribution is 2.40. The Morgan fingerprint density at radius 1 is 1.09 bits per heavy atom. The summed E-state index contributed by atoms with van der Waals surface area (Å²) in [6.07, 6.45) is 2.08. The molecule has 0 atom stereocenters. The standard InChI is InChI=1S/C21H22F3N5O.2H2S/c22-21(23,24)18-9-16(4-3-13(18)10-25)27-14-5-7-15(8-6-14)28-20(30)17-11-26-29-19(17)12-1-2-12;;/h3-4,9,11-12,14-15,27H,1-2,5-8H2,(H,26,29)(H,28,30);2*1H2. The van der Waals surface area contributed by atoms with Crippen molar-refractivity contribution < 1.29 is 18.0 Å². The maximum absolute atomic E-state index is 13.1. The van der Waals surface area contributed by atoms with Gasteiger partial charge < -0.3 is 10.6 Å². The van der Waals surface area contributed by atoms with Gasteiger partial charge in [0.05, 0.1) is 34.7 Å². The lowest BCUT2D eigenvalue weighted by atomic mass is 9.90. The van der Waals surface area contributed by atoms with Gasteiger partial charge in [-0.15, -0.1) is 0 Å². The highest BCUT2D eigenvalue weighted by Gasteiger charge is 2.34. The summed E-state index contributed by atoms with van der Waals surface area (Å²) in [6, 6.07) is 5.32. The molecule has 2 fully saturated rings. The van der Waals surface area contributed by atoms with E-state index in [0.717, 1.165) is 50.3 Å². The van der Waals surface area contributed by atoms with Gasteiger partial charge in [0.25, 0.3) is 5.91 Å². The van der Waals surface area contributed by atoms with E-state index in [1.54, 1.807) is 12.3 Å². The molecule has 0 unspecified atom stereocenters. The number of benzene rings is 1. The summed E-state index contributed by atoms with van der Waals surface area (Å²) in [5.74, 6) is 0.283. The number of anilines is 1. The Morgan fingerprint density at radius 2 is 1.75 bits per heavy atom. The molecule has 2 aromatic rings. The monoisotopic (exact) mass is 485 g/mol. The van der Waals surface area contributed by atoms with E-state index >= 15 is 0 Å². The number of aromatic amines is 1. The number of nitrogens with zero attached hydrogens (tertiary/aromatic N) is 2. The third-order valence-corrected chi connectivity index (χ3v) is 5.78. The van der Waals surface area contributed by atoms with Crippen LogP contribution in [-0.2, 0) is 6.18 Å². The highest BCUT2D eigenvalue weighted by molar-refractivity contribution is 7.59. The minimum atomic E-state index is -4.57. The van der Waals surface area contributed by atoms with E-state index in [9.17, 15) is 18.0 Å². The van der Waals surface area contributed by atoms with Gasteiger partial charge >= 0.3 is 6.18 Å². The molecule has 1 aromatic heterocycles. The second kappa shape index (κ2) is 10.5. The quantitative estimate of drug-likeness (QED) is 0.579. The van der Waals surface area contributed by atoms with Crippen LogP contribution >= 0.6 is 27.0 Å². The maximum Gasteiger partial charge on any atom is 0.417 e. The van der Waals surface area contributed by atoms with Crippen molar-refractivity contribution in [3.05, 3.63) is 46.8 Å². The number of alkyl halides is 3. The van der Waals surface area contributed by atoms with Gasteiger partial charge in [-0.05, 0) is 56.7 Å². The second-order valence-corrected chi connectivity index (χ2v) is 8.01. The summed E-state index contributed by atoms with van der Waals surface area (Å²) in [7, 11) is 0. The summed E-state index contributed by atoms with van der Waals surface area (Å²) < 4.78 is 39.4. The second-order valence-electron chi connectivity index (χ2n) is 8.01. The third-order valence-electron chi connectivity index (χ3n) is 5.78. The Morgan fingerprint density at radius 3 is 2.34 bits per heavy atom. The first-order valence-corrected chi connectivity index (χ1v) is 10.1. The molecule has 2 aliphatic rings. The van der Waals surface area contributed by atoms with Crippen LogP contribution in [0.25, 0.3) is 0 Å². The zero-order valence-electron chi connectivity index (χ0n) is 17.2. The normalized spacial score (nSPS) is 20.3. The number of amides is 1. The van der Waals surface area contributed by atoms with Crippen LogP contribution in [0.1, 0.15) is 71.6 Å². The summed E-state index contributed by atoms with van der Waals surface area (Å²) in [5, 5.41) is 22.0. The van der Waals surface area contributed by atoms with Gasteiger partial charge in [0.2, 0.25) is 0 Å². The average molecular weight is 486 g/mol. The molecule has 1 heterocycles. The zero-order valence-corrected chi connectivity index (χ0v) is 19.2. The SMILES string of the molecule is N#Cc1ccc(NC2CCC(NC(=O)c3cn[nH]c3C3CC3)CC2)cc1C(F)(F)F.S.S. The van der Waals surface area contributed by atoms with Crippen LogP contribution in [0.4, 0.5) is 18.9 Å². The molecule has 0 radical (unpaired) electrons. The predicted molar refractivity (Wildman–Crippen MR) is 125 cm³/mol. The molecular weight excluding hydrogens is 459 g/mol. The number of nitrogens with one attached hydrogen (secondary N) is 3. The van der Waals surface area contributed by atoms with Gasteiger partial charge in [-0.2, -0.15) is 50.5 Å². The van der Waals surface area contributed by atoms with Crippen LogP contribution in [-0.4, -0.2) is 28.2 Å². The molecule has 174 valence electrons. The molecule has 0 saturated heterocycles.